The van der Waals surface area contributed by atoms with Gasteiger partial charge >= 0.3 is 0 Å². The smallest absolute Gasteiger partial charge is 0.163 e. The quantitative estimate of drug-likeness (QED) is 0.719. The minimum Gasteiger partial charge on any atom is -0.492 e. The van der Waals surface area contributed by atoms with Crippen LogP contribution in [0.5, 0.6) is 5.75 Å². The average Bonchev–Trinajstić information content (AvgIpc) is 3.25. The maximum absolute atomic E-state index is 11.9. The first-order valence-electron chi connectivity index (χ1n) is 8.15. The Balaban J connectivity index is 1.54. The summed E-state index contributed by atoms with van der Waals surface area (Å²) in [6.07, 6.45) is 6.91. The molecule has 0 atom stereocenters. The summed E-state index contributed by atoms with van der Waals surface area (Å²) in [5, 5.41) is 0. The van der Waals surface area contributed by atoms with E-state index in [-0.39, 0.29) is 5.78 Å². The van der Waals surface area contributed by atoms with Gasteiger partial charge in [0.15, 0.2) is 5.78 Å². The molecule has 0 N–H and O–H groups in total. The largest absolute Gasteiger partial charge is 0.492 e. The van der Waals surface area contributed by atoms with Crippen molar-refractivity contribution in [1.82, 2.24) is 9.55 Å². The summed E-state index contributed by atoms with van der Waals surface area (Å²) in [5.41, 5.74) is 4.28. The zero-order valence-electron chi connectivity index (χ0n) is 13.3. The molecule has 4 nitrogen and oxygen atoms in total. The zero-order chi connectivity index (χ0) is 16.4. The molecule has 0 amide bonds. The van der Waals surface area contributed by atoms with Gasteiger partial charge in [0.1, 0.15) is 12.4 Å². The van der Waals surface area contributed by atoms with Gasteiger partial charge in [-0.1, -0.05) is 30.3 Å². The first-order valence-corrected chi connectivity index (χ1v) is 8.15. The number of carbonyl (C=O) groups excluding carboxylic acids is 1. The summed E-state index contributed by atoms with van der Waals surface area (Å²) >= 11 is 0. The maximum Gasteiger partial charge on any atom is 0.163 e. The van der Waals surface area contributed by atoms with Crippen LogP contribution in [0.15, 0.2) is 61.2 Å². The van der Waals surface area contributed by atoms with E-state index in [1.54, 1.807) is 12.5 Å². The summed E-state index contributed by atoms with van der Waals surface area (Å²) < 4.78 is 7.85. The number of carbonyl (C=O) groups is 1. The van der Waals surface area contributed by atoms with E-state index in [1.165, 1.54) is 0 Å². The number of aromatic nitrogens is 2. The molecule has 4 rings (SSSR count). The minimum atomic E-state index is 0.250. The van der Waals surface area contributed by atoms with E-state index in [2.05, 4.69) is 17.1 Å². The summed E-state index contributed by atoms with van der Waals surface area (Å²) in [7, 11) is 0. The third-order valence-corrected chi connectivity index (χ3v) is 4.40. The lowest BCUT2D eigenvalue weighted by Crippen LogP contribution is -2.06. The minimum absolute atomic E-state index is 0.250. The highest BCUT2D eigenvalue weighted by atomic mass is 16.5. The Kier molecular flexibility index (Phi) is 3.87. The fourth-order valence-corrected chi connectivity index (χ4v) is 3.20. The average molecular weight is 318 g/mol. The second kappa shape index (κ2) is 6.32. The summed E-state index contributed by atoms with van der Waals surface area (Å²) in [5.74, 6) is 1.09. The van der Waals surface area contributed by atoms with Crippen molar-refractivity contribution in [1.29, 1.82) is 0 Å². The number of nitrogens with zero attached hydrogens (tertiary/aromatic N) is 2. The number of hydrogen-bond donors (Lipinski definition) is 0. The molecule has 1 aromatic heterocycles. The lowest BCUT2D eigenvalue weighted by molar-refractivity contribution is 0.0994. The molecule has 0 fully saturated rings. The number of fused-ring (bicyclic) bond motifs is 1. The van der Waals surface area contributed by atoms with Gasteiger partial charge < -0.3 is 9.30 Å². The Bertz CT molecular complexity index is 869. The lowest BCUT2D eigenvalue weighted by atomic mass is 9.97. The van der Waals surface area contributed by atoms with Gasteiger partial charge in [-0.05, 0) is 35.2 Å². The molecular weight excluding hydrogens is 300 g/mol. The number of ether oxygens (including phenoxy) is 1. The summed E-state index contributed by atoms with van der Waals surface area (Å²) in [6.45, 7) is 1.35. The van der Waals surface area contributed by atoms with Crippen molar-refractivity contribution in [3.05, 3.63) is 72.3 Å². The molecule has 120 valence electrons. The fourth-order valence-electron chi connectivity index (χ4n) is 3.20. The fraction of sp³-hybridized carbons (Fsp3) is 0.200. The molecule has 1 aliphatic rings. The van der Waals surface area contributed by atoms with E-state index in [0.29, 0.717) is 13.0 Å². The third kappa shape index (κ3) is 2.83. The zero-order valence-corrected chi connectivity index (χ0v) is 13.3. The molecule has 0 saturated carbocycles. The van der Waals surface area contributed by atoms with Crippen molar-refractivity contribution in [3.63, 3.8) is 0 Å². The molecule has 0 aliphatic heterocycles. The number of imidazole rings is 1. The SMILES string of the molecule is O=C1CCc2c1cccc2-c1cccc(OCCn2ccnc2)c1. The number of rotatable bonds is 5. The summed E-state index contributed by atoms with van der Waals surface area (Å²) in [4.78, 5) is 16.0. The molecule has 0 unspecified atom stereocenters. The number of hydrogen-bond acceptors (Lipinski definition) is 3. The van der Waals surface area contributed by atoms with Gasteiger partial charge in [0.05, 0.1) is 12.9 Å². The van der Waals surface area contributed by atoms with Crippen LogP contribution in [0.25, 0.3) is 11.1 Å². The topological polar surface area (TPSA) is 44.1 Å². The van der Waals surface area contributed by atoms with Gasteiger partial charge in [-0.2, -0.15) is 0 Å². The lowest BCUT2D eigenvalue weighted by Gasteiger charge is -2.11. The van der Waals surface area contributed by atoms with Crippen molar-refractivity contribution in [2.75, 3.05) is 6.61 Å². The highest BCUT2D eigenvalue weighted by Crippen LogP contribution is 2.33. The van der Waals surface area contributed by atoms with Gasteiger partial charge in [0.25, 0.3) is 0 Å². The Morgan fingerprint density at radius 3 is 2.83 bits per heavy atom. The van der Waals surface area contributed by atoms with Crippen molar-refractivity contribution in [2.45, 2.75) is 19.4 Å². The van der Waals surface area contributed by atoms with Crippen molar-refractivity contribution in [3.8, 4) is 16.9 Å². The van der Waals surface area contributed by atoms with Crippen LogP contribution in [0.2, 0.25) is 0 Å². The van der Waals surface area contributed by atoms with Gasteiger partial charge in [-0.15, -0.1) is 0 Å². The van der Waals surface area contributed by atoms with Crippen LogP contribution in [0, 0.1) is 0 Å². The number of benzene rings is 2. The van der Waals surface area contributed by atoms with E-state index in [0.717, 1.165) is 41.0 Å². The molecule has 3 aromatic rings. The third-order valence-electron chi connectivity index (χ3n) is 4.40. The van der Waals surface area contributed by atoms with Crippen LogP contribution in [-0.4, -0.2) is 21.9 Å². The van der Waals surface area contributed by atoms with Crippen LogP contribution in [0.1, 0.15) is 22.3 Å². The molecule has 0 radical (unpaired) electrons. The standard InChI is InChI=1S/C20H18N2O2/c23-20-8-7-18-17(5-2-6-19(18)20)15-3-1-4-16(13-15)24-12-11-22-10-9-21-14-22/h1-6,9-10,13-14H,7-8,11-12H2. The van der Waals surface area contributed by atoms with Crippen LogP contribution in [-0.2, 0) is 13.0 Å². The van der Waals surface area contributed by atoms with E-state index < -0.39 is 0 Å². The molecular formula is C20H18N2O2. The van der Waals surface area contributed by atoms with E-state index >= 15 is 0 Å². The predicted molar refractivity (Wildman–Crippen MR) is 92.3 cm³/mol. The Labute approximate surface area is 140 Å². The van der Waals surface area contributed by atoms with Gasteiger partial charge in [-0.25, -0.2) is 4.98 Å². The van der Waals surface area contributed by atoms with Gasteiger partial charge in [0.2, 0.25) is 0 Å². The highest BCUT2D eigenvalue weighted by Gasteiger charge is 2.22. The first-order chi connectivity index (χ1) is 11.8. The van der Waals surface area contributed by atoms with Gasteiger partial charge in [-0.3, -0.25) is 4.79 Å². The maximum atomic E-state index is 11.9. The van der Waals surface area contributed by atoms with E-state index in [1.807, 2.05) is 41.1 Å². The van der Waals surface area contributed by atoms with Crippen LogP contribution in [0.4, 0.5) is 0 Å². The summed E-state index contributed by atoms with van der Waals surface area (Å²) in [6, 6.07) is 14.1. The predicted octanol–water partition coefficient (Wildman–Crippen LogP) is 3.76. The molecule has 1 heterocycles. The van der Waals surface area contributed by atoms with E-state index in [9.17, 15) is 4.79 Å². The van der Waals surface area contributed by atoms with E-state index in [4.69, 9.17) is 4.74 Å². The van der Waals surface area contributed by atoms with Crippen molar-refractivity contribution < 1.29 is 9.53 Å². The number of Topliss-reactive ketones (excluding diaryl/α,β-unsaturated/α-hetero) is 1. The second-order valence-electron chi connectivity index (χ2n) is 5.93. The number of ketones is 1. The molecule has 0 bridgehead atoms. The molecule has 0 spiro atoms. The molecule has 1 aliphatic carbocycles. The van der Waals surface area contributed by atoms with Crippen molar-refractivity contribution in [2.24, 2.45) is 0 Å². The van der Waals surface area contributed by atoms with Crippen LogP contribution in [0.3, 0.4) is 0 Å². The molecule has 24 heavy (non-hydrogen) atoms. The second-order valence-corrected chi connectivity index (χ2v) is 5.93. The molecule has 4 heteroatoms. The van der Waals surface area contributed by atoms with Crippen LogP contribution < -0.4 is 4.74 Å². The normalized spacial score (nSPS) is 13.1. The first kappa shape index (κ1) is 14.7. The highest BCUT2D eigenvalue weighted by molar-refractivity contribution is 6.02. The monoisotopic (exact) mass is 318 g/mol. The molecule has 2 aromatic carbocycles. The van der Waals surface area contributed by atoms with Crippen molar-refractivity contribution >= 4 is 5.78 Å². The Hall–Kier alpha value is -2.88. The molecule has 0 saturated heterocycles. The van der Waals surface area contributed by atoms with Gasteiger partial charge in [0, 0.05) is 24.4 Å². The Morgan fingerprint density at radius 2 is 1.96 bits per heavy atom. The Morgan fingerprint density at radius 1 is 1.08 bits per heavy atom. The van der Waals surface area contributed by atoms with Crippen LogP contribution >= 0.6 is 0 Å².